The lowest BCUT2D eigenvalue weighted by Gasteiger charge is -2.02. The van der Waals surface area contributed by atoms with E-state index in [9.17, 15) is 9.50 Å². The molecule has 0 radical (unpaired) electrons. The number of phenols is 1. The maximum Gasteiger partial charge on any atom is 0.165 e. The zero-order valence-electron chi connectivity index (χ0n) is 6.63. The molecule has 0 saturated heterocycles. The number of thiol groups is 1. The molecule has 1 aromatic rings. The minimum atomic E-state index is -0.549. The van der Waals surface area contributed by atoms with Gasteiger partial charge in [-0.25, -0.2) is 4.39 Å². The molecule has 66 valence electrons. The van der Waals surface area contributed by atoms with Crippen LogP contribution in [-0.4, -0.2) is 10.9 Å². The Hall–Kier alpha value is -0.700. The predicted molar refractivity (Wildman–Crippen MR) is 50.2 cm³/mol. The summed E-state index contributed by atoms with van der Waals surface area (Å²) in [5, 5.41) is 9.22. The molecule has 0 saturated carbocycles. The molecule has 0 unspecified atom stereocenters. The molecule has 1 N–H and O–H groups in total. The number of hydrogen-bond donors (Lipinski definition) is 2. The Morgan fingerprint density at radius 3 is 2.83 bits per heavy atom. The van der Waals surface area contributed by atoms with Crippen molar-refractivity contribution in [2.75, 3.05) is 5.75 Å². The Kier molecular flexibility index (Phi) is 3.41. The Morgan fingerprint density at radius 1 is 1.42 bits per heavy atom. The smallest absolute Gasteiger partial charge is 0.165 e. The Labute approximate surface area is 76.6 Å². The Balaban J connectivity index is 2.78. The minimum Gasteiger partial charge on any atom is -0.505 e. The molecule has 12 heavy (non-hydrogen) atoms. The van der Waals surface area contributed by atoms with Gasteiger partial charge in [0.25, 0.3) is 0 Å². The molecule has 0 heterocycles. The monoisotopic (exact) mass is 186 g/mol. The summed E-state index contributed by atoms with van der Waals surface area (Å²) in [6, 6.07) is 4.57. The van der Waals surface area contributed by atoms with Crippen molar-refractivity contribution in [3.8, 4) is 5.75 Å². The van der Waals surface area contributed by atoms with Crippen molar-refractivity contribution >= 4 is 12.6 Å². The summed E-state index contributed by atoms with van der Waals surface area (Å²) in [7, 11) is 0. The van der Waals surface area contributed by atoms with E-state index in [4.69, 9.17) is 0 Å². The fraction of sp³-hybridized carbons (Fsp3) is 0.333. The average molecular weight is 186 g/mol. The quantitative estimate of drug-likeness (QED) is 0.694. The average Bonchev–Trinajstić information content (AvgIpc) is 2.08. The van der Waals surface area contributed by atoms with Crippen LogP contribution in [0.5, 0.6) is 5.75 Å². The fourth-order valence-corrected chi connectivity index (χ4v) is 1.19. The van der Waals surface area contributed by atoms with Gasteiger partial charge in [-0.05, 0) is 30.2 Å². The minimum absolute atomic E-state index is 0.223. The molecule has 0 aromatic heterocycles. The van der Waals surface area contributed by atoms with Crippen molar-refractivity contribution in [3.63, 3.8) is 0 Å². The third-order valence-corrected chi connectivity index (χ3v) is 1.99. The number of aryl methyl sites for hydroxylation is 1. The zero-order chi connectivity index (χ0) is 8.97. The summed E-state index contributed by atoms with van der Waals surface area (Å²) in [6.07, 6.45) is 1.52. The van der Waals surface area contributed by atoms with Crippen LogP contribution in [0.15, 0.2) is 18.2 Å². The van der Waals surface area contributed by atoms with E-state index in [2.05, 4.69) is 12.6 Å². The van der Waals surface area contributed by atoms with Gasteiger partial charge in [-0.2, -0.15) is 12.6 Å². The number of halogens is 1. The normalized spacial score (nSPS) is 10.2. The molecule has 0 spiro atoms. The van der Waals surface area contributed by atoms with E-state index in [1.807, 2.05) is 0 Å². The second kappa shape index (κ2) is 4.36. The van der Waals surface area contributed by atoms with Crippen LogP contribution < -0.4 is 0 Å². The molecule has 0 bridgehead atoms. The third-order valence-electron chi connectivity index (χ3n) is 1.67. The highest BCUT2D eigenvalue weighted by Crippen LogP contribution is 2.21. The number of phenolic OH excluding ortho intramolecular Hbond substituents is 1. The van der Waals surface area contributed by atoms with E-state index < -0.39 is 5.82 Å². The van der Waals surface area contributed by atoms with Gasteiger partial charge in [-0.1, -0.05) is 12.1 Å². The number of para-hydroxylation sites is 1. The maximum atomic E-state index is 12.7. The topological polar surface area (TPSA) is 20.2 Å². The van der Waals surface area contributed by atoms with Crippen molar-refractivity contribution in [2.24, 2.45) is 0 Å². The molecular formula is C9H11FOS. The molecule has 0 aliphatic carbocycles. The molecule has 0 fully saturated rings. The predicted octanol–water partition coefficient (Wildman–Crippen LogP) is 2.39. The van der Waals surface area contributed by atoms with Crippen LogP contribution in [0.4, 0.5) is 4.39 Å². The molecule has 1 nitrogen and oxygen atoms in total. The molecule has 0 atom stereocenters. The summed E-state index contributed by atoms with van der Waals surface area (Å²) in [5.41, 5.74) is 0.657. The Morgan fingerprint density at radius 2 is 2.17 bits per heavy atom. The second-order valence-electron chi connectivity index (χ2n) is 2.57. The van der Waals surface area contributed by atoms with Gasteiger partial charge in [0, 0.05) is 0 Å². The summed E-state index contributed by atoms with van der Waals surface area (Å²) >= 11 is 4.04. The highest BCUT2D eigenvalue weighted by Gasteiger charge is 2.04. The number of rotatable bonds is 3. The Bertz CT molecular complexity index is 263. The van der Waals surface area contributed by atoms with Crippen LogP contribution in [0.1, 0.15) is 12.0 Å². The van der Waals surface area contributed by atoms with Crippen molar-refractivity contribution in [2.45, 2.75) is 12.8 Å². The van der Waals surface area contributed by atoms with Gasteiger partial charge in [0.2, 0.25) is 0 Å². The molecule has 0 aliphatic rings. The van der Waals surface area contributed by atoms with Gasteiger partial charge in [0.05, 0.1) is 0 Å². The van der Waals surface area contributed by atoms with Crippen LogP contribution in [-0.2, 0) is 6.42 Å². The van der Waals surface area contributed by atoms with E-state index >= 15 is 0 Å². The lowest BCUT2D eigenvalue weighted by Crippen LogP contribution is -1.89. The molecular weight excluding hydrogens is 175 g/mol. The summed E-state index contributed by atoms with van der Waals surface area (Å²) in [6.45, 7) is 0. The summed E-state index contributed by atoms with van der Waals surface area (Å²) in [4.78, 5) is 0. The van der Waals surface area contributed by atoms with Gasteiger partial charge >= 0.3 is 0 Å². The first kappa shape index (κ1) is 9.39. The number of aromatic hydroxyl groups is 1. The van der Waals surface area contributed by atoms with Gasteiger partial charge < -0.3 is 5.11 Å². The largest absolute Gasteiger partial charge is 0.505 e. The summed E-state index contributed by atoms with van der Waals surface area (Å²) < 4.78 is 12.7. The zero-order valence-corrected chi connectivity index (χ0v) is 7.52. The number of hydrogen-bond acceptors (Lipinski definition) is 2. The van der Waals surface area contributed by atoms with Crippen molar-refractivity contribution < 1.29 is 9.50 Å². The van der Waals surface area contributed by atoms with Gasteiger partial charge in [0.15, 0.2) is 11.6 Å². The van der Waals surface area contributed by atoms with Crippen LogP contribution >= 0.6 is 12.6 Å². The van der Waals surface area contributed by atoms with Crippen LogP contribution in [0.25, 0.3) is 0 Å². The van der Waals surface area contributed by atoms with Gasteiger partial charge in [-0.15, -0.1) is 0 Å². The first-order valence-corrected chi connectivity index (χ1v) is 4.46. The summed E-state index contributed by atoms with van der Waals surface area (Å²) in [5.74, 6) is -0.0263. The van der Waals surface area contributed by atoms with E-state index in [0.29, 0.717) is 12.0 Å². The molecule has 1 aromatic carbocycles. The lowest BCUT2D eigenvalue weighted by molar-refractivity contribution is 0.425. The second-order valence-corrected chi connectivity index (χ2v) is 3.02. The van der Waals surface area contributed by atoms with Crippen molar-refractivity contribution in [1.29, 1.82) is 0 Å². The maximum absolute atomic E-state index is 12.7. The third kappa shape index (κ3) is 2.14. The van der Waals surface area contributed by atoms with Crippen molar-refractivity contribution in [3.05, 3.63) is 29.6 Å². The van der Waals surface area contributed by atoms with E-state index in [0.717, 1.165) is 12.2 Å². The SMILES string of the molecule is Oc1c(F)cccc1CCCS. The molecule has 3 heteroatoms. The lowest BCUT2D eigenvalue weighted by atomic mass is 10.1. The first-order chi connectivity index (χ1) is 5.75. The molecule has 1 rings (SSSR count). The van der Waals surface area contributed by atoms with E-state index in [-0.39, 0.29) is 5.75 Å². The van der Waals surface area contributed by atoms with E-state index in [1.165, 1.54) is 6.07 Å². The highest BCUT2D eigenvalue weighted by molar-refractivity contribution is 7.80. The highest BCUT2D eigenvalue weighted by atomic mass is 32.1. The molecule has 0 aliphatic heterocycles. The van der Waals surface area contributed by atoms with Crippen LogP contribution in [0.3, 0.4) is 0 Å². The van der Waals surface area contributed by atoms with Crippen LogP contribution in [0, 0.1) is 5.82 Å². The number of benzene rings is 1. The van der Waals surface area contributed by atoms with Gasteiger partial charge in [-0.3, -0.25) is 0 Å². The first-order valence-electron chi connectivity index (χ1n) is 3.83. The van der Waals surface area contributed by atoms with Crippen LogP contribution in [0.2, 0.25) is 0 Å². The van der Waals surface area contributed by atoms with E-state index in [1.54, 1.807) is 12.1 Å². The molecule has 0 amide bonds. The fourth-order valence-electron chi connectivity index (χ4n) is 1.03. The van der Waals surface area contributed by atoms with Gasteiger partial charge in [0.1, 0.15) is 0 Å². The standard InChI is InChI=1S/C9H11FOS/c10-8-5-1-3-7(9(8)11)4-2-6-12/h1,3,5,11-12H,2,4,6H2. The van der Waals surface area contributed by atoms with Crippen molar-refractivity contribution in [1.82, 2.24) is 0 Å².